The summed E-state index contributed by atoms with van der Waals surface area (Å²) in [6.45, 7) is 8.23. The van der Waals surface area contributed by atoms with Crippen LogP contribution in [0.5, 0.6) is 0 Å². The summed E-state index contributed by atoms with van der Waals surface area (Å²) in [5.74, 6) is -0.208. The van der Waals surface area contributed by atoms with Crippen LogP contribution >= 0.6 is 11.8 Å². The highest BCUT2D eigenvalue weighted by atomic mass is 32.2. The molecule has 0 saturated carbocycles. The van der Waals surface area contributed by atoms with Crippen LogP contribution in [-0.4, -0.2) is 39.0 Å². The van der Waals surface area contributed by atoms with Gasteiger partial charge in [-0.2, -0.15) is 16.7 Å². The predicted octanol–water partition coefficient (Wildman–Crippen LogP) is 0.445. The van der Waals surface area contributed by atoms with Crippen molar-refractivity contribution in [1.29, 1.82) is 0 Å². The molecule has 1 rings (SSSR count). The van der Waals surface area contributed by atoms with Gasteiger partial charge in [0.2, 0.25) is 5.91 Å². The van der Waals surface area contributed by atoms with E-state index in [2.05, 4.69) is 10.3 Å². The Morgan fingerprint density at radius 1 is 1.52 bits per heavy atom. The normalized spacial score (nSPS) is 13.0. The third kappa shape index (κ3) is 4.57. The second-order valence-corrected chi connectivity index (χ2v) is 7.01. The van der Waals surface area contributed by atoms with Crippen molar-refractivity contribution in [2.24, 2.45) is 5.73 Å². The van der Waals surface area contributed by atoms with Crippen LogP contribution in [0.2, 0.25) is 0 Å². The summed E-state index contributed by atoms with van der Waals surface area (Å²) in [4.78, 5) is 27.7. The quantitative estimate of drug-likeness (QED) is 0.796. The Balaban J connectivity index is 2.63. The minimum atomic E-state index is -0.596. The summed E-state index contributed by atoms with van der Waals surface area (Å²) in [6.07, 6.45) is 1.92. The van der Waals surface area contributed by atoms with Gasteiger partial charge in [0.1, 0.15) is 0 Å². The first-order valence-electron chi connectivity index (χ1n) is 6.82. The standard InChI is InChI=1S/C14H24N4O2S/c1-9-8-10(2)18(13(20)17-9)7-6-16-12(19)11(15)14(3,4)21-5/h8,11H,6-7,15H2,1-5H3,(H,16,19)/t11-/m1/s1. The van der Waals surface area contributed by atoms with Gasteiger partial charge in [0.15, 0.2) is 0 Å². The van der Waals surface area contributed by atoms with E-state index in [4.69, 9.17) is 5.73 Å². The van der Waals surface area contributed by atoms with E-state index in [1.54, 1.807) is 23.3 Å². The molecule has 0 aliphatic carbocycles. The molecule has 21 heavy (non-hydrogen) atoms. The molecule has 1 aromatic heterocycles. The van der Waals surface area contributed by atoms with Gasteiger partial charge in [0, 0.05) is 29.2 Å². The topological polar surface area (TPSA) is 90.0 Å². The number of hydrogen-bond acceptors (Lipinski definition) is 5. The number of hydrogen-bond donors (Lipinski definition) is 2. The van der Waals surface area contributed by atoms with Crippen molar-refractivity contribution in [3.05, 3.63) is 27.9 Å². The maximum atomic E-state index is 12.0. The second-order valence-electron chi connectivity index (χ2n) is 5.55. The minimum absolute atomic E-state index is 0.208. The third-order valence-electron chi connectivity index (χ3n) is 3.54. The van der Waals surface area contributed by atoms with Crippen LogP contribution in [0.1, 0.15) is 25.2 Å². The number of aromatic nitrogens is 2. The molecular weight excluding hydrogens is 288 g/mol. The zero-order valence-electron chi connectivity index (χ0n) is 13.3. The monoisotopic (exact) mass is 312 g/mol. The molecule has 0 unspecified atom stereocenters. The fourth-order valence-electron chi connectivity index (χ4n) is 1.89. The molecule has 1 aromatic rings. The maximum Gasteiger partial charge on any atom is 0.348 e. The van der Waals surface area contributed by atoms with Gasteiger partial charge >= 0.3 is 5.69 Å². The number of carbonyl (C=O) groups is 1. The number of aryl methyl sites for hydroxylation is 2. The highest BCUT2D eigenvalue weighted by Crippen LogP contribution is 2.24. The van der Waals surface area contributed by atoms with E-state index in [9.17, 15) is 9.59 Å². The molecule has 0 radical (unpaired) electrons. The molecule has 1 heterocycles. The van der Waals surface area contributed by atoms with E-state index >= 15 is 0 Å². The Morgan fingerprint density at radius 3 is 2.67 bits per heavy atom. The molecule has 6 nitrogen and oxygen atoms in total. The molecule has 3 N–H and O–H groups in total. The van der Waals surface area contributed by atoms with Crippen molar-refractivity contribution in [3.8, 4) is 0 Å². The van der Waals surface area contributed by atoms with Crippen molar-refractivity contribution in [1.82, 2.24) is 14.9 Å². The number of nitrogens with one attached hydrogen (secondary N) is 1. The molecule has 0 spiro atoms. The summed E-state index contributed by atoms with van der Waals surface area (Å²) in [6, 6.07) is 1.24. The first-order chi connectivity index (χ1) is 9.69. The fourth-order valence-corrected chi connectivity index (χ4v) is 2.25. The number of nitrogens with two attached hydrogens (primary N) is 1. The minimum Gasteiger partial charge on any atom is -0.353 e. The molecule has 7 heteroatoms. The van der Waals surface area contributed by atoms with Crippen molar-refractivity contribution in [2.45, 2.75) is 45.0 Å². The van der Waals surface area contributed by atoms with Crippen molar-refractivity contribution < 1.29 is 4.79 Å². The van der Waals surface area contributed by atoms with E-state index in [-0.39, 0.29) is 16.3 Å². The zero-order valence-corrected chi connectivity index (χ0v) is 14.1. The molecule has 118 valence electrons. The van der Waals surface area contributed by atoms with Crippen LogP contribution in [0, 0.1) is 13.8 Å². The Hall–Kier alpha value is -1.34. The summed E-state index contributed by atoms with van der Waals surface area (Å²) in [5, 5.41) is 2.78. The molecule has 1 amide bonds. The van der Waals surface area contributed by atoms with Crippen LogP contribution in [0.3, 0.4) is 0 Å². The number of thioether (sulfide) groups is 1. The third-order valence-corrected chi connectivity index (χ3v) is 4.84. The van der Waals surface area contributed by atoms with Crippen molar-refractivity contribution >= 4 is 17.7 Å². The van der Waals surface area contributed by atoms with Gasteiger partial charge in [-0.3, -0.25) is 9.36 Å². The van der Waals surface area contributed by atoms with Crippen LogP contribution in [-0.2, 0) is 11.3 Å². The lowest BCUT2D eigenvalue weighted by Gasteiger charge is -2.28. The number of nitrogens with zero attached hydrogens (tertiary/aromatic N) is 2. The molecule has 0 aromatic carbocycles. The highest BCUT2D eigenvalue weighted by molar-refractivity contribution is 8.00. The van der Waals surface area contributed by atoms with E-state index < -0.39 is 6.04 Å². The van der Waals surface area contributed by atoms with E-state index in [1.807, 2.05) is 33.1 Å². The number of amides is 1. The van der Waals surface area contributed by atoms with E-state index in [1.165, 1.54) is 0 Å². The molecule has 0 saturated heterocycles. The largest absolute Gasteiger partial charge is 0.353 e. The lowest BCUT2D eigenvalue weighted by molar-refractivity contribution is -0.122. The van der Waals surface area contributed by atoms with Gasteiger partial charge in [0.25, 0.3) is 0 Å². The molecule has 0 fully saturated rings. The van der Waals surface area contributed by atoms with E-state index in [0.29, 0.717) is 18.8 Å². The lowest BCUT2D eigenvalue weighted by Crippen LogP contribution is -2.52. The van der Waals surface area contributed by atoms with Crippen molar-refractivity contribution in [3.63, 3.8) is 0 Å². The maximum absolute atomic E-state index is 12.0. The summed E-state index contributed by atoms with van der Waals surface area (Å²) < 4.78 is 1.21. The lowest BCUT2D eigenvalue weighted by atomic mass is 10.0. The fraction of sp³-hybridized carbons (Fsp3) is 0.643. The van der Waals surface area contributed by atoms with Crippen LogP contribution < -0.4 is 16.7 Å². The molecule has 0 aliphatic heterocycles. The van der Waals surface area contributed by atoms with Gasteiger partial charge in [-0.25, -0.2) is 4.79 Å². The van der Waals surface area contributed by atoms with Gasteiger partial charge in [-0.05, 0) is 40.0 Å². The molecule has 1 atom stereocenters. The molecule has 0 aliphatic rings. The average Bonchev–Trinajstić information content (AvgIpc) is 2.40. The zero-order chi connectivity index (χ0) is 16.2. The Labute approximate surface area is 129 Å². The van der Waals surface area contributed by atoms with Gasteiger partial charge in [-0.1, -0.05) is 0 Å². The second kappa shape index (κ2) is 7.09. The van der Waals surface area contributed by atoms with Crippen LogP contribution in [0.15, 0.2) is 10.9 Å². The van der Waals surface area contributed by atoms with Gasteiger partial charge in [0.05, 0.1) is 6.04 Å². The Kier molecular flexibility index (Phi) is 5.98. The predicted molar refractivity (Wildman–Crippen MR) is 86.6 cm³/mol. The number of carbonyl (C=O) groups excluding carboxylic acids is 1. The Morgan fingerprint density at radius 2 is 2.14 bits per heavy atom. The van der Waals surface area contributed by atoms with Gasteiger partial charge < -0.3 is 11.1 Å². The smallest absolute Gasteiger partial charge is 0.348 e. The first kappa shape index (κ1) is 17.7. The first-order valence-corrected chi connectivity index (χ1v) is 8.05. The molecule has 0 bridgehead atoms. The average molecular weight is 312 g/mol. The van der Waals surface area contributed by atoms with Crippen LogP contribution in [0.25, 0.3) is 0 Å². The van der Waals surface area contributed by atoms with E-state index in [0.717, 1.165) is 5.69 Å². The van der Waals surface area contributed by atoms with Gasteiger partial charge in [-0.15, -0.1) is 0 Å². The van der Waals surface area contributed by atoms with Crippen molar-refractivity contribution in [2.75, 3.05) is 12.8 Å². The SMILES string of the molecule is CSC(C)(C)[C@H](N)C(=O)NCCn1c(C)cc(C)nc1=O. The summed E-state index contributed by atoms with van der Waals surface area (Å²) >= 11 is 1.55. The number of rotatable bonds is 6. The Bertz CT molecular complexity index is 569. The highest BCUT2D eigenvalue weighted by Gasteiger charge is 2.30. The summed E-state index contributed by atoms with van der Waals surface area (Å²) in [7, 11) is 0. The summed E-state index contributed by atoms with van der Waals surface area (Å²) in [5.41, 5.74) is 7.18. The van der Waals surface area contributed by atoms with Crippen LogP contribution in [0.4, 0.5) is 0 Å². The molecular formula is C14H24N4O2S.